The van der Waals surface area contributed by atoms with Crippen molar-refractivity contribution in [3.8, 4) is 5.75 Å². The van der Waals surface area contributed by atoms with Gasteiger partial charge in [0.15, 0.2) is 0 Å². The number of benzene rings is 2. The Kier molecular flexibility index (Phi) is 7.95. The van der Waals surface area contributed by atoms with Crippen molar-refractivity contribution in [2.75, 3.05) is 39.6 Å². The van der Waals surface area contributed by atoms with Crippen molar-refractivity contribution in [2.24, 2.45) is 0 Å². The summed E-state index contributed by atoms with van der Waals surface area (Å²) in [5.41, 5.74) is 1.11. The molecule has 5 nitrogen and oxygen atoms in total. The van der Waals surface area contributed by atoms with Crippen LogP contribution in [-0.2, 0) is 19.0 Å². The molecule has 0 bridgehead atoms. The van der Waals surface area contributed by atoms with Crippen LogP contribution in [0.15, 0.2) is 49.1 Å². The Balaban J connectivity index is 1.60. The maximum Gasteiger partial charge on any atom is 0.330 e. The van der Waals surface area contributed by atoms with Crippen LogP contribution in [-0.4, -0.2) is 45.6 Å². The van der Waals surface area contributed by atoms with Gasteiger partial charge in [-0.25, -0.2) is 4.79 Å². The number of carbonyl (C=O) groups is 1. The maximum atomic E-state index is 10.8. The van der Waals surface area contributed by atoms with Gasteiger partial charge in [0.25, 0.3) is 0 Å². The first-order chi connectivity index (χ1) is 12.2. The highest BCUT2D eigenvalue weighted by Gasteiger charge is 2.05. The van der Waals surface area contributed by atoms with E-state index in [-0.39, 0.29) is 6.61 Å². The molecule has 0 atom stereocenters. The molecule has 0 aliphatic heterocycles. The summed E-state index contributed by atoms with van der Waals surface area (Å²) in [5.74, 6) is 0.461. The third kappa shape index (κ3) is 6.21. The topological polar surface area (TPSA) is 54.0 Å². The molecule has 0 heterocycles. The van der Waals surface area contributed by atoms with Crippen LogP contribution in [0.25, 0.3) is 10.8 Å². The molecule has 0 aromatic heterocycles. The Morgan fingerprint density at radius 1 is 0.960 bits per heavy atom. The second-order valence-electron chi connectivity index (χ2n) is 5.38. The number of rotatable bonds is 11. The van der Waals surface area contributed by atoms with Gasteiger partial charge in [-0.2, -0.15) is 0 Å². The number of hydrogen-bond donors (Lipinski definition) is 0. The molecule has 0 N–H and O–H groups in total. The zero-order chi connectivity index (χ0) is 17.9. The fraction of sp³-hybridized carbons (Fsp3) is 0.350. The zero-order valence-corrected chi connectivity index (χ0v) is 14.5. The molecule has 0 unspecified atom stereocenters. The lowest BCUT2D eigenvalue weighted by Gasteiger charge is -2.12. The molecule has 0 radical (unpaired) electrons. The molecule has 5 heteroatoms. The van der Waals surface area contributed by atoms with Crippen molar-refractivity contribution < 1.29 is 23.7 Å². The van der Waals surface area contributed by atoms with Gasteiger partial charge in [0.2, 0.25) is 0 Å². The van der Waals surface area contributed by atoms with Crippen LogP contribution < -0.4 is 4.74 Å². The predicted octanol–water partition coefficient (Wildman–Crippen LogP) is 3.29. The summed E-state index contributed by atoms with van der Waals surface area (Å²) in [6, 6.07) is 12.3. The van der Waals surface area contributed by atoms with Gasteiger partial charge in [-0.15, -0.1) is 0 Å². The van der Waals surface area contributed by atoms with Crippen LogP contribution in [0.2, 0.25) is 0 Å². The highest BCUT2D eigenvalue weighted by Crippen LogP contribution is 2.29. The van der Waals surface area contributed by atoms with E-state index in [4.69, 9.17) is 18.9 Å². The summed E-state index contributed by atoms with van der Waals surface area (Å²) in [4.78, 5) is 10.8. The van der Waals surface area contributed by atoms with Crippen molar-refractivity contribution in [1.82, 2.24) is 0 Å². The Bertz CT molecular complexity index is 696. The lowest BCUT2D eigenvalue weighted by Crippen LogP contribution is -2.14. The van der Waals surface area contributed by atoms with E-state index < -0.39 is 5.97 Å². The molecule has 0 saturated heterocycles. The first-order valence-corrected chi connectivity index (χ1v) is 8.28. The molecule has 25 heavy (non-hydrogen) atoms. The van der Waals surface area contributed by atoms with Gasteiger partial charge in [0.1, 0.15) is 19.0 Å². The SMILES string of the molecule is C=CC(=O)OCCOCCOCCOc1c(C)ccc2ccccc12. The molecule has 0 fully saturated rings. The summed E-state index contributed by atoms with van der Waals surface area (Å²) >= 11 is 0. The van der Waals surface area contributed by atoms with Crippen LogP contribution in [0.5, 0.6) is 5.75 Å². The van der Waals surface area contributed by atoms with Crippen molar-refractivity contribution >= 4 is 16.7 Å². The number of hydrogen-bond acceptors (Lipinski definition) is 5. The van der Waals surface area contributed by atoms with Gasteiger partial charge >= 0.3 is 5.97 Å². The highest BCUT2D eigenvalue weighted by atomic mass is 16.6. The largest absolute Gasteiger partial charge is 0.490 e. The van der Waals surface area contributed by atoms with Crippen LogP contribution in [0.4, 0.5) is 0 Å². The second-order valence-corrected chi connectivity index (χ2v) is 5.38. The van der Waals surface area contributed by atoms with Crippen LogP contribution >= 0.6 is 0 Å². The Morgan fingerprint density at radius 2 is 1.64 bits per heavy atom. The third-order valence-electron chi connectivity index (χ3n) is 3.56. The minimum Gasteiger partial charge on any atom is -0.490 e. The molecule has 0 aliphatic rings. The number of ether oxygens (including phenoxy) is 4. The lowest BCUT2D eigenvalue weighted by molar-refractivity contribution is -0.139. The summed E-state index contributed by atoms with van der Waals surface area (Å²) in [5, 5.41) is 2.27. The number of fused-ring (bicyclic) bond motifs is 1. The first kappa shape index (κ1) is 19.0. The predicted molar refractivity (Wildman–Crippen MR) is 97.0 cm³/mol. The minimum absolute atomic E-state index is 0.217. The van der Waals surface area contributed by atoms with E-state index in [9.17, 15) is 4.79 Å². The van der Waals surface area contributed by atoms with Gasteiger partial charge < -0.3 is 18.9 Å². The normalized spacial score (nSPS) is 10.6. The average Bonchev–Trinajstić information content (AvgIpc) is 2.64. The Morgan fingerprint density at radius 3 is 2.40 bits per heavy atom. The van der Waals surface area contributed by atoms with Crippen molar-refractivity contribution in [3.05, 3.63) is 54.6 Å². The van der Waals surface area contributed by atoms with Gasteiger partial charge in [-0.1, -0.05) is 43.0 Å². The second kappa shape index (κ2) is 10.5. The van der Waals surface area contributed by atoms with Crippen molar-refractivity contribution in [2.45, 2.75) is 6.92 Å². The monoisotopic (exact) mass is 344 g/mol. The molecule has 2 aromatic carbocycles. The number of esters is 1. The standard InChI is InChI=1S/C20H24O5/c1-3-19(21)24-14-12-22-10-11-23-13-15-25-20-16(2)8-9-17-6-4-5-7-18(17)20/h3-9H,1,10-15H2,2H3. The quantitative estimate of drug-likeness (QED) is 0.356. The Labute approximate surface area is 148 Å². The maximum absolute atomic E-state index is 10.8. The molecule has 2 rings (SSSR count). The van der Waals surface area contributed by atoms with Crippen LogP contribution in [0.3, 0.4) is 0 Å². The molecule has 0 amide bonds. The van der Waals surface area contributed by atoms with E-state index in [0.717, 1.165) is 28.2 Å². The van der Waals surface area contributed by atoms with E-state index in [1.54, 1.807) is 0 Å². The molecule has 0 spiro atoms. The molecule has 2 aromatic rings. The van der Waals surface area contributed by atoms with Crippen LogP contribution in [0, 0.1) is 6.92 Å². The van der Waals surface area contributed by atoms with Gasteiger partial charge in [0, 0.05) is 11.5 Å². The zero-order valence-electron chi connectivity index (χ0n) is 14.5. The number of aryl methyl sites for hydroxylation is 1. The van der Waals surface area contributed by atoms with E-state index >= 15 is 0 Å². The van der Waals surface area contributed by atoms with E-state index in [2.05, 4.69) is 30.8 Å². The first-order valence-electron chi connectivity index (χ1n) is 8.28. The van der Waals surface area contributed by atoms with Crippen molar-refractivity contribution in [3.63, 3.8) is 0 Å². The lowest BCUT2D eigenvalue weighted by atomic mass is 10.1. The molecule has 0 saturated carbocycles. The van der Waals surface area contributed by atoms with E-state index in [1.807, 2.05) is 19.1 Å². The van der Waals surface area contributed by atoms with E-state index in [0.29, 0.717) is 33.0 Å². The third-order valence-corrected chi connectivity index (χ3v) is 3.56. The molecule has 0 aliphatic carbocycles. The van der Waals surface area contributed by atoms with E-state index in [1.165, 1.54) is 0 Å². The average molecular weight is 344 g/mol. The Hall–Kier alpha value is -2.37. The van der Waals surface area contributed by atoms with Gasteiger partial charge in [-0.05, 0) is 17.9 Å². The number of carbonyl (C=O) groups excluding carboxylic acids is 1. The molecular weight excluding hydrogens is 320 g/mol. The smallest absolute Gasteiger partial charge is 0.330 e. The van der Waals surface area contributed by atoms with Gasteiger partial charge in [0.05, 0.1) is 26.4 Å². The molecule has 134 valence electrons. The summed E-state index contributed by atoms with van der Waals surface area (Å²) in [6.07, 6.45) is 1.13. The highest BCUT2D eigenvalue weighted by molar-refractivity contribution is 5.89. The van der Waals surface area contributed by atoms with Crippen molar-refractivity contribution in [1.29, 1.82) is 0 Å². The summed E-state index contributed by atoms with van der Waals surface area (Å²) < 4.78 is 21.5. The summed E-state index contributed by atoms with van der Waals surface area (Å²) in [7, 11) is 0. The van der Waals surface area contributed by atoms with Gasteiger partial charge in [-0.3, -0.25) is 0 Å². The summed E-state index contributed by atoms with van der Waals surface area (Å²) in [6.45, 7) is 7.78. The minimum atomic E-state index is -0.444. The fourth-order valence-electron chi connectivity index (χ4n) is 2.33. The molecular formula is C20H24O5. The fourth-order valence-corrected chi connectivity index (χ4v) is 2.33. The van der Waals surface area contributed by atoms with Crippen LogP contribution in [0.1, 0.15) is 5.56 Å².